The normalized spacial score (nSPS) is 12.3. The first-order valence-electron chi connectivity index (χ1n) is 8.27. The van der Waals surface area contributed by atoms with E-state index < -0.39 is 0 Å². The summed E-state index contributed by atoms with van der Waals surface area (Å²) < 4.78 is 15.8. The van der Waals surface area contributed by atoms with Gasteiger partial charge < -0.3 is 5.32 Å². The summed E-state index contributed by atoms with van der Waals surface area (Å²) in [5, 5.41) is 11.5. The SMILES string of the molecule is Cc1ncccc1-c1cnc(NC(C)c2ccccc2F)n2cnnc12. The smallest absolute Gasteiger partial charge is 0.210 e. The molecule has 0 bridgehead atoms. The Kier molecular flexibility index (Phi) is 4.04. The minimum absolute atomic E-state index is 0.255. The van der Waals surface area contributed by atoms with Gasteiger partial charge in [-0.05, 0) is 26.0 Å². The molecule has 1 aromatic carbocycles. The average molecular weight is 348 g/mol. The zero-order valence-corrected chi connectivity index (χ0v) is 14.4. The average Bonchev–Trinajstić information content (AvgIpc) is 3.13. The molecule has 0 aliphatic carbocycles. The van der Waals surface area contributed by atoms with Crippen LogP contribution >= 0.6 is 0 Å². The van der Waals surface area contributed by atoms with Crippen molar-refractivity contribution in [3.05, 3.63) is 72.2 Å². The summed E-state index contributed by atoms with van der Waals surface area (Å²) in [5.41, 5.74) is 3.92. The summed E-state index contributed by atoms with van der Waals surface area (Å²) in [5.74, 6) is 0.293. The second kappa shape index (κ2) is 6.51. The van der Waals surface area contributed by atoms with E-state index in [1.54, 1.807) is 35.3 Å². The summed E-state index contributed by atoms with van der Waals surface area (Å²) in [4.78, 5) is 8.84. The minimum Gasteiger partial charge on any atom is -0.349 e. The van der Waals surface area contributed by atoms with Crippen LogP contribution in [0.1, 0.15) is 24.2 Å². The van der Waals surface area contributed by atoms with E-state index in [1.807, 2.05) is 32.0 Å². The maximum Gasteiger partial charge on any atom is 0.210 e. The highest BCUT2D eigenvalue weighted by Gasteiger charge is 2.16. The lowest BCUT2D eigenvalue weighted by Gasteiger charge is -2.17. The van der Waals surface area contributed by atoms with E-state index >= 15 is 0 Å². The molecule has 0 radical (unpaired) electrons. The fourth-order valence-electron chi connectivity index (χ4n) is 2.98. The highest BCUT2D eigenvalue weighted by atomic mass is 19.1. The van der Waals surface area contributed by atoms with Crippen molar-refractivity contribution in [1.29, 1.82) is 0 Å². The maximum atomic E-state index is 14.0. The van der Waals surface area contributed by atoms with Crippen LogP contribution in [0.3, 0.4) is 0 Å². The number of rotatable bonds is 4. The molecule has 0 aliphatic heterocycles. The predicted molar refractivity (Wildman–Crippen MR) is 97.2 cm³/mol. The third-order valence-corrected chi connectivity index (χ3v) is 4.35. The molecule has 0 spiro atoms. The van der Waals surface area contributed by atoms with Gasteiger partial charge in [0.1, 0.15) is 12.1 Å². The van der Waals surface area contributed by atoms with E-state index in [0.29, 0.717) is 17.2 Å². The van der Waals surface area contributed by atoms with Crippen LogP contribution in [0.2, 0.25) is 0 Å². The summed E-state index contributed by atoms with van der Waals surface area (Å²) in [7, 11) is 0. The Balaban J connectivity index is 1.75. The summed E-state index contributed by atoms with van der Waals surface area (Å²) in [6.07, 6.45) is 5.08. The van der Waals surface area contributed by atoms with E-state index in [1.165, 1.54) is 6.07 Å². The van der Waals surface area contributed by atoms with Crippen LogP contribution in [-0.4, -0.2) is 24.6 Å². The van der Waals surface area contributed by atoms with Crippen molar-refractivity contribution in [3.8, 4) is 11.1 Å². The van der Waals surface area contributed by atoms with E-state index in [-0.39, 0.29) is 11.9 Å². The third-order valence-electron chi connectivity index (χ3n) is 4.35. The molecule has 0 fully saturated rings. The largest absolute Gasteiger partial charge is 0.349 e. The van der Waals surface area contributed by atoms with Crippen molar-refractivity contribution in [3.63, 3.8) is 0 Å². The first-order chi connectivity index (χ1) is 12.6. The Hall–Kier alpha value is -3.35. The quantitative estimate of drug-likeness (QED) is 0.607. The summed E-state index contributed by atoms with van der Waals surface area (Å²) in [6, 6.07) is 10.3. The lowest BCUT2D eigenvalue weighted by molar-refractivity contribution is 0.599. The lowest BCUT2D eigenvalue weighted by Crippen LogP contribution is -2.13. The molecule has 3 aromatic heterocycles. The van der Waals surface area contributed by atoms with Gasteiger partial charge in [0.15, 0.2) is 5.65 Å². The highest BCUT2D eigenvalue weighted by molar-refractivity contribution is 5.78. The summed E-state index contributed by atoms with van der Waals surface area (Å²) in [6.45, 7) is 3.82. The lowest BCUT2D eigenvalue weighted by atomic mass is 10.1. The second-order valence-corrected chi connectivity index (χ2v) is 6.04. The van der Waals surface area contributed by atoms with Crippen molar-refractivity contribution in [2.75, 3.05) is 5.32 Å². The Labute approximate surface area is 149 Å². The number of hydrogen-bond donors (Lipinski definition) is 1. The molecule has 4 rings (SSSR count). The zero-order valence-electron chi connectivity index (χ0n) is 14.4. The fraction of sp³-hybridized carbons (Fsp3) is 0.158. The van der Waals surface area contributed by atoms with Gasteiger partial charge in [0.25, 0.3) is 0 Å². The third kappa shape index (κ3) is 2.77. The topological polar surface area (TPSA) is 68.0 Å². The molecule has 1 unspecified atom stereocenters. The van der Waals surface area contributed by atoms with Gasteiger partial charge in [0.2, 0.25) is 5.95 Å². The van der Waals surface area contributed by atoms with E-state index in [9.17, 15) is 4.39 Å². The minimum atomic E-state index is -0.264. The van der Waals surface area contributed by atoms with Crippen LogP contribution in [0.25, 0.3) is 16.8 Å². The maximum absolute atomic E-state index is 14.0. The van der Waals surface area contributed by atoms with E-state index in [0.717, 1.165) is 16.8 Å². The van der Waals surface area contributed by atoms with Gasteiger partial charge >= 0.3 is 0 Å². The second-order valence-electron chi connectivity index (χ2n) is 6.04. The number of benzene rings is 1. The Morgan fingerprint density at radius 3 is 2.73 bits per heavy atom. The van der Waals surface area contributed by atoms with Crippen molar-refractivity contribution < 1.29 is 4.39 Å². The molecular weight excluding hydrogens is 331 g/mol. The molecule has 0 aliphatic rings. The number of halogens is 1. The number of pyridine rings is 1. The van der Waals surface area contributed by atoms with Crippen LogP contribution < -0.4 is 5.32 Å². The molecule has 7 heteroatoms. The Morgan fingerprint density at radius 1 is 1.08 bits per heavy atom. The first-order valence-corrected chi connectivity index (χ1v) is 8.27. The fourth-order valence-corrected chi connectivity index (χ4v) is 2.98. The Morgan fingerprint density at radius 2 is 1.92 bits per heavy atom. The summed E-state index contributed by atoms with van der Waals surface area (Å²) >= 11 is 0. The van der Waals surface area contributed by atoms with Crippen LogP contribution in [0.4, 0.5) is 10.3 Å². The number of aromatic nitrogens is 5. The number of nitrogens with one attached hydrogen (secondary N) is 1. The number of aryl methyl sites for hydroxylation is 1. The van der Waals surface area contributed by atoms with Crippen molar-refractivity contribution in [2.45, 2.75) is 19.9 Å². The number of fused-ring (bicyclic) bond motifs is 1. The zero-order chi connectivity index (χ0) is 18.1. The number of anilines is 1. The molecule has 1 N–H and O–H groups in total. The van der Waals surface area contributed by atoms with Crippen molar-refractivity contribution in [1.82, 2.24) is 24.6 Å². The van der Waals surface area contributed by atoms with Gasteiger partial charge in [0.05, 0.1) is 6.04 Å². The van der Waals surface area contributed by atoms with Crippen LogP contribution in [-0.2, 0) is 0 Å². The highest BCUT2D eigenvalue weighted by Crippen LogP contribution is 2.27. The molecule has 1 atom stereocenters. The predicted octanol–water partition coefficient (Wildman–Crippen LogP) is 3.81. The van der Waals surface area contributed by atoms with Crippen molar-refractivity contribution >= 4 is 11.6 Å². The van der Waals surface area contributed by atoms with Gasteiger partial charge in [-0.25, -0.2) is 9.37 Å². The molecule has 6 nitrogen and oxygen atoms in total. The monoisotopic (exact) mass is 348 g/mol. The Bertz CT molecular complexity index is 1070. The van der Waals surface area contributed by atoms with Crippen LogP contribution in [0, 0.1) is 12.7 Å². The van der Waals surface area contributed by atoms with E-state index in [2.05, 4.69) is 25.5 Å². The van der Waals surface area contributed by atoms with Crippen LogP contribution in [0.5, 0.6) is 0 Å². The standard InChI is InChI=1S/C19H17FN6/c1-12-14(7-5-9-21-12)16-10-22-19(26-11-23-25-18(16)26)24-13(2)15-6-3-4-8-17(15)20/h3-11,13H,1-2H3,(H,22,24). The molecule has 0 saturated heterocycles. The molecular formula is C19H17FN6. The molecule has 0 saturated carbocycles. The van der Waals surface area contributed by atoms with Gasteiger partial charge in [-0.3, -0.25) is 9.38 Å². The number of nitrogens with zero attached hydrogens (tertiary/aromatic N) is 5. The molecule has 0 amide bonds. The van der Waals surface area contributed by atoms with Crippen LogP contribution in [0.15, 0.2) is 55.1 Å². The van der Waals surface area contributed by atoms with Crippen molar-refractivity contribution in [2.24, 2.45) is 0 Å². The van der Waals surface area contributed by atoms with Gasteiger partial charge in [0, 0.05) is 34.8 Å². The molecule has 4 aromatic rings. The van der Waals surface area contributed by atoms with E-state index in [4.69, 9.17) is 0 Å². The molecule has 130 valence electrons. The van der Waals surface area contributed by atoms with Gasteiger partial charge in [-0.1, -0.05) is 24.3 Å². The molecule has 3 heterocycles. The van der Waals surface area contributed by atoms with Gasteiger partial charge in [-0.15, -0.1) is 10.2 Å². The van der Waals surface area contributed by atoms with Gasteiger partial charge in [-0.2, -0.15) is 0 Å². The number of hydrogen-bond acceptors (Lipinski definition) is 5. The first kappa shape index (κ1) is 16.1. The molecule has 26 heavy (non-hydrogen) atoms.